The number of anilines is 3. The van der Waals surface area contributed by atoms with Crippen molar-refractivity contribution in [3.63, 3.8) is 0 Å². The van der Waals surface area contributed by atoms with Gasteiger partial charge in [-0.15, -0.1) is 11.8 Å². The van der Waals surface area contributed by atoms with Crippen LogP contribution in [0.15, 0.2) is 65.8 Å². The first kappa shape index (κ1) is 20.0. The van der Waals surface area contributed by atoms with E-state index in [4.69, 9.17) is 0 Å². The first-order valence-corrected chi connectivity index (χ1v) is 10.6. The summed E-state index contributed by atoms with van der Waals surface area (Å²) in [6.45, 7) is 4.64. The zero-order valence-corrected chi connectivity index (χ0v) is 17.6. The highest BCUT2D eigenvalue weighted by molar-refractivity contribution is 7.99. The number of carbonyl (C=O) groups excluding carboxylic acids is 2. The number of benzene rings is 2. The van der Waals surface area contributed by atoms with Crippen LogP contribution in [0.25, 0.3) is 0 Å². The lowest BCUT2D eigenvalue weighted by Gasteiger charge is -2.28. The van der Waals surface area contributed by atoms with Gasteiger partial charge in [0.15, 0.2) is 0 Å². The normalized spacial score (nSPS) is 12.8. The van der Waals surface area contributed by atoms with Crippen molar-refractivity contribution >= 4 is 40.8 Å². The summed E-state index contributed by atoms with van der Waals surface area (Å²) >= 11 is 1.64. The molecule has 0 unspecified atom stereocenters. The third-order valence-corrected chi connectivity index (χ3v) is 5.96. The Bertz CT molecular complexity index is 1120. The second-order valence-corrected chi connectivity index (χ2v) is 8.18. The van der Waals surface area contributed by atoms with E-state index in [9.17, 15) is 9.59 Å². The first-order chi connectivity index (χ1) is 14.5. The van der Waals surface area contributed by atoms with Gasteiger partial charge in [-0.25, -0.2) is 9.78 Å². The van der Waals surface area contributed by atoms with Gasteiger partial charge in [0.05, 0.1) is 5.69 Å². The quantitative estimate of drug-likeness (QED) is 0.621. The van der Waals surface area contributed by atoms with Crippen molar-refractivity contribution in [2.24, 2.45) is 0 Å². The minimum absolute atomic E-state index is 0.224. The van der Waals surface area contributed by atoms with Crippen molar-refractivity contribution in [3.05, 3.63) is 77.5 Å². The summed E-state index contributed by atoms with van der Waals surface area (Å²) in [5.41, 5.74) is 4.87. The number of hydrogen-bond acceptors (Lipinski definition) is 4. The minimum atomic E-state index is -0.240. The highest BCUT2D eigenvalue weighted by Crippen LogP contribution is 2.32. The maximum absolute atomic E-state index is 12.8. The van der Waals surface area contributed by atoms with E-state index in [1.165, 1.54) is 5.56 Å². The Morgan fingerprint density at radius 2 is 1.80 bits per heavy atom. The topological polar surface area (TPSA) is 74.3 Å². The average molecular weight is 419 g/mol. The summed E-state index contributed by atoms with van der Waals surface area (Å²) in [4.78, 5) is 31.5. The lowest BCUT2D eigenvalue weighted by molar-refractivity contribution is 0.102. The van der Waals surface area contributed by atoms with E-state index in [2.05, 4.69) is 15.6 Å². The smallest absolute Gasteiger partial charge is 0.322 e. The molecule has 0 fully saturated rings. The lowest BCUT2D eigenvalue weighted by atomic mass is 10.1. The number of rotatable bonds is 3. The number of nitrogens with zero attached hydrogens (tertiary/aromatic N) is 2. The van der Waals surface area contributed by atoms with Crippen molar-refractivity contribution in [3.8, 4) is 0 Å². The summed E-state index contributed by atoms with van der Waals surface area (Å²) in [7, 11) is 0. The Hall–Kier alpha value is -3.32. The highest BCUT2D eigenvalue weighted by Gasteiger charge is 2.23. The number of aryl methyl sites for hydroxylation is 2. The number of nitrogens with one attached hydrogen (secondary N) is 2. The molecule has 3 aromatic rings. The zero-order valence-electron chi connectivity index (χ0n) is 16.8. The van der Waals surface area contributed by atoms with E-state index in [-0.39, 0.29) is 11.9 Å². The molecule has 7 heteroatoms. The van der Waals surface area contributed by atoms with Crippen molar-refractivity contribution in [1.82, 2.24) is 4.98 Å². The molecular weight excluding hydrogens is 396 g/mol. The molecule has 2 N–H and O–H groups in total. The monoisotopic (exact) mass is 418 g/mol. The van der Waals surface area contributed by atoms with Crippen LogP contribution in [0.5, 0.6) is 0 Å². The first-order valence-electron chi connectivity index (χ1n) is 9.66. The number of aromatic nitrogens is 1. The van der Waals surface area contributed by atoms with Gasteiger partial charge in [-0.1, -0.05) is 12.1 Å². The number of thioether (sulfide) groups is 1. The maximum Gasteiger partial charge on any atom is 0.326 e. The number of hydrogen-bond donors (Lipinski definition) is 2. The molecule has 1 aliphatic heterocycles. The third kappa shape index (κ3) is 4.31. The van der Waals surface area contributed by atoms with Crippen molar-refractivity contribution in [1.29, 1.82) is 0 Å². The Balaban J connectivity index is 1.48. The van der Waals surface area contributed by atoms with E-state index in [0.717, 1.165) is 27.7 Å². The van der Waals surface area contributed by atoms with Gasteiger partial charge in [0.1, 0.15) is 5.03 Å². The van der Waals surface area contributed by atoms with Gasteiger partial charge < -0.3 is 10.6 Å². The van der Waals surface area contributed by atoms with Crippen LogP contribution in [0.3, 0.4) is 0 Å². The molecular formula is C23H22N4O2S. The number of carbonyl (C=O) groups is 2. The fourth-order valence-electron chi connectivity index (χ4n) is 3.22. The SMILES string of the molecule is Cc1ccc(NC(=O)c2cccc(NC(=O)N3CCSc4ncccc43)c2)cc1C. The van der Waals surface area contributed by atoms with Gasteiger partial charge in [-0.2, -0.15) is 0 Å². The summed E-state index contributed by atoms with van der Waals surface area (Å²) < 4.78 is 0. The molecule has 0 radical (unpaired) electrons. The average Bonchev–Trinajstić information content (AvgIpc) is 2.76. The number of pyridine rings is 1. The second-order valence-electron chi connectivity index (χ2n) is 7.09. The van der Waals surface area contributed by atoms with Crippen LogP contribution in [-0.2, 0) is 0 Å². The molecule has 0 saturated heterocycles. The van der Waals surface area contributed by atoms with E-state index in [0.29, 0.717) is 17.8 Å². The van der Waals surface area contributed by atoms with Crippen LogP contribution >= 0.6 is 11.8 Å². The molecule has 0 saturated carbocycles. The molecule has 0 aliphatic carbocycles. The molecule has 0 spiro atoms. The molecule has 3 amide bonds. The predicted molar refractivity (Wildman–Crippen MR) is 122 cm³/mol. The van der Waals surface area contributed by atoms with Crippen LogP contribution in [-0.4, -0.2) is 29.2 Å². The Morgan fingerprint density at radius 1 is 0.967 bits per heavy atom. The molecule has 2 heterocycles. The van der Waals surface area contributed by atoms with Crippen LogP contribution in [0.1, 0.15) is 21.5 Å². The lowest BCUT2D eigenvalue weighted by Crippen LogP contribution is -2.38. The molecule has 6 nitrogen and oxygen atoms in total. The number of amides is 3. The molecule has 0 bridgehead atoms. The van der Waals surface area contributed by atoms with E-state index in [1.807, 2.05) is 44.2 Å². The fraction of sp³-hybridized carbons (Fsp3) is 0.174. The summed E-state index contributed by atoms with van der Waals surface area (Å²) in [6, 6.07) is 16.2. The number of fused-ring (bicyclic) bond motifs is 1. The largest absolute Gasteiger partial charge is 0.326 e. The van der Waals surface area contributed by atoms with Gasteiger partial charge in [-0.3, -0.25) is 9.69 Å². The summed E-state index contributed by atoms with van der Waals surface area (Å²) in [6.07, 6.45) is 1.73. The molecule has 0 atom stereocenters. The van der Waals surface area contributed by atoms with E-state index in [1.54, 1.807) is 47.1 Å². The van der Waals surface area contributed by atoms with Gasteiger partial charge in [0.2, 0.25) is 0 Å². The van der Waals surface area contributed by atoms with Crippen LogP contribution < -0.4 is 15.5 Å². The Kier molecular flexibility index (Phi) is 5.72. The second kappa shape index (κ2) is 8.59. The maximum atomic E-state index is 12.8. The highest BCUT2D eigenvalue weighted by atomic mass is 32.2. The Morgan fingerprint density at radius 3 is 2.63 bits per heavy atom. The van der Waals surface area contributed by atoms with Crippen LogP contribution in [0.4, 0.5) is 21.9 Å². The number of urea groups is 1. The summed E-state index contributed by atoms with van der Waals surface area (Å²) in [5.74, 6) is 0.564. The molecule has 152 valence electrons. The fourth-order valence-corrected chi connectivity index (χ4v) is 4.14. The minimum Gasteiger partial charge on any atom is -0.322 e. The molecule has 2 aromatic carbocycles. The van der Waals surface area contributed by atoms with Crippen LogP contribution in [0.2, 0.25) is 0 Å². The molecule has 1 aromatic heterocycles. The molecule has 30 heavy (non-hydrogen) atoms. The zero-order chi connectivity index (χ0) is 21.1. The van der Waals surface area contributed by atoms with E-state index < -0.39 is 0 Å². The molecule has 4 rings (SSSR count). The van der Waals surface area contributed by atoms with Crippen molar-refractivity contribution < 1.29 is 9.59 Å². The van der Waals surface area contributed by atoms with E-state index >= 15 is 0 Å². The van der Waals surface area contributed by atoms with Gasteiger partial charge in [0.25, 0.3) is 5.91 Å². The Labute approximate surface area is 179 Å². The predicted octanol–water partition coefficient (Wildman–Crippen LogP) is 5.09. The van der Waals surface area contributed by atoms with Crippen molar-refractivity contribution in [2.75, 3.05) is 27.8 Å². The van der Waals surface area contributed by atoms with Gasteiger partial charge >= 0.3 is 6.03 Å². The summed E-state index contributed by atoms with van der Waals surface area (Å²) in [5, 5.41) is 6.66. The molecule has 1 aliphatic rings. The standard InChI is InChI=1S/C23H22N4O2S/c1-15-8-9-19(13-16(15)2)25-21(28)17-5-3-6-18(14-17)26-23(29)27-11-12-30-22-20(27)7-4-10-24-22/h3-10,13-14H,11-12H2,1-2H3,(H,25,28)(H,26,29). The third-order valence-electron chi connectivity index (χ3n) is 4.98. The van der Waals surface area contributed by atoms with Gasteiger partial charge in [0, 0.05) is 35.4 Å². The van der Waals surface area contributed by atoms with Crippen LogP contribution in [0, 0.1) is 13.8 Å². The van der Waals surface area contributed by atoms with Gasteiger partial charge in [-0.05, 0) is 67.4 Å². The van der Waals surface area contributed by atoms with Crippen molar-refractivity contribution in [2.45, 2.75) is 18.9 Å².